The van der Waals surface area contributed by atoms with E-state index in [0.717, 1.165) is 18.1 Å². The lowest BCUT2D eigenvalue weighted by molar-refractivity contribution is -0.138. The van der Waals surface area contributed by atoms with Gasteiger partial charge in [-0.1, -0.05) is 33.8 Å². The first kappa shape index (κ1) is 16.8. The quantitative estimate of drug-likeness (QED) is 0.749. The summed E-state index contributed by atoms with van der Waals surface area (Å²) in [5, 5.41) is 0. The van der Waals surface area contributed by atoms with Crippen LogP contribution in [0.15, 0.2) is 18.2 Å². The molecule has 1 aromatic carbocycles. The SMILES string of the molecule is CC.COc1cc(CC(C)C)ccc1C(F)(F)F. The van der Waals surface area contributed by atoms with E-state index >= 15 is 0 Å². The van der Waals surface area contributed by atoms with Gasteiger partial charge in [-0.05, 0) is 30.0 Å². The van der Waals surface area contributed by atoms with E-state index in [4.69, 9.17) is 4.74 Å². The molecule has 0 saturated carbocycles. The summed E-state index contributed by atoms with van der Waals surface area (Å²) < 4.78 is 42.4. The Labute approximate surface area is 107 Å². The van der Waals surface area contributed by atoms with E-state index in [9.17, 15) is 13.2 Å². The van der Waals surface area contributed by atoms with Crippen LogP contribution < -0.4 is 4.74 Å². The van der Waals surface area contributed by atoms with Crippen LogP contribution in [0.1, 0.15) is 38.8 Å². The lowest BCUT2D eigenvalue weighted by atomic mass is 10.0. The van der Waals surface area contributed by atoms with Crippen LogP contribution in [0.3, 0.4) is 0 Å². The Hall–Kier alpha value is -1.19. The van der Waals surface area contributed by atoms with Crippen molar-refractivity contribution >= 4 is 0 Å². The molecule has 0 aromatic heterocycles. The summed E-state index contributed by atoms with van der Waals surface area (Å²) in [6.07, 6.45) is -3.61. The van der Waals surface area contributed by atoms with Gasteiger partial charge < -0.3 is 4.74 Å². The Morgan fingerprint density at radius 2 is 1.72 bits per heavy atom. The lowest BCUT2D eigenvalue weighted by Gasteiger charge is -2.13. The van der Waals surface area contributed by atoms with E-state index in [1.54, 1.807) is 0 Å². The number of hydrogen-bond donors (Lipinski definition) is 0. The van der Waals surface area contributed by atoms with Crippen molar-refractivity contribution < 1.29 is 17.9 Å². The van der Waals surface area contributed by atoms with Crippen LogP contribution in [0.25, 0.3) is 0 Å². The zero-order valence-corrected chi connectivity index (χ0v) is 11.6. The van der Waals surface area contributed by atoms with Crippen molar-refractivity contribution in [2.24, 2.45) is 5.92 Å². The largest absolute Gasteiger partial charge is 0.496 e. The molecule has 0 aliphatic heterocycles. The van der Waals surface area contributed by atoms with Gasteiger partial charge in [0.25, 0.3) is 0 Å². The number of hydrogen-bond acceptors (Lipinski definition) is 1. The highest BCUT2D eigenvalue weighted by Gasteiger charge is 2.34. The fourth-order valence-corrected chi connectivity index (χ4v) is 1.57. The highest BCUT2D eigenvalue weighted by molar-refractivity contribution is 5.39. The first-order chi connectivity index (χ1) is 8.34. The number of methoxy groups -OCH3 is 1. The topological polar surface area (TPSA) is 9.23 Å². The monoisotopic (exact) mass is 262 g/mol. The van der Waals surface area contributed by atoms with E-state index in [0.29, 0.717) is 5.92 Å². The van der Waals surface area contributed by atoms with Gasteiger partial charge in [0.15, 0.2) is 0 Å². The van der Waals surface area contributed by atoms with Gasteiger partial charge in [-0.2, -0.15) is 13.2 Å². The molecule has 1 nitrogen and oxygen atoms in total. The third-order valence-electron chi connectivity index (χ3n) is 2.22. The summed E-state index contributed by atoms with van der Waals surface area (Å²) in [5.74, 6) is 0.298. The normalized spacial score (nSPS) is 10.9. The average Bonchev–Trinajstić information content (AvgIpc) is 2.29. The van der Waals surface area contributed by atoms with Gasteiger partial charge in [0.1, 0.15) is 5.75 Å². The van der Waals surface area contributed by atoms with Gasteiger partial charge in [-0.3, -0.25) is 0 Å². The Morgan fingerprint density at radius 1 is 1.17 bits per heavy atom. The Kier molecular flexibility index (Phi) is 6.81. The molecular formula is C14H21F3O. The predicted octanol–water partition coefficient (Wildman–Crippen LogP) is 4.94. The number of ether oxygens (including phenoxy) is 1. The molecule has 104 valence electrons. The second kappa shape index (κ2) is 7.29. The number of alkyl halides is 3. The fourth-order valence-electron chi connectivity index (χ4n) is 1.57. The van der Waals surface area contributed by atoms with Gasteiger partial charge >= 0.3 is 6.18 Å². The molecule has 4 heteroatoms. The highest BCUT2D eigenvalue weighted by Crippen LogP contribution is 2.36. The van der Waals surface area contributed by atoms with Crippen LogP contribution in [-0.4, -0.2) is 7.11 Å². The van der Waals surface area contributed by atoms with Crippen molar-refractivity contribution in [2.75, 3.05) is 7.11 Å². The van der Waals surface area contributed by atoms with Crippen LogP contribution in [0.2, 0.25) is 0 Å². The van der Waals surface area contributed by atoms with E-state index in [1.165, 1.54) is 19.2 Å². The molecule has 0 saturated heterocycles. The van der Waals surface area contributed by atoms with Crippen LogP contribution in [0.4, 0.5) is 13.2 Å². The fraction of sp³-hybridized carbons (Fsp3) is 0.571. The third kappa shape index (κ3) is 4.98. The maximum absolute atomic E-state index is 12.5. The molecule has 0 radical (unpaired) electrons. The van der Waals surface area contributed by atoms with E-state index < -0.39 is 11.7 Å². The van der Waals surface area contributed by atoms with Crippen LogP contribution in [0.5, 0.6) is 5.75 Å². The first-order valence-electron chi connectivity index (χ1n) is 6.08. The summed E-state index contributed by atoms with van der Waals surface area (Å²) in [7, 11) is 1.25. The molecule has 0 atom stereocenters. The van der Waals surface area contributed by atoms with Gasteiger partial charge in [0.05, 0.1) is 12.7 Å². The molecule has 18 heavy (non-hydrogen) atoms. The molecule has 0 bridgehead atoms. The zero-order valence-electron chi connectivity index (χ0n) is 11.6. The van der Waals surface area contributed by atoms with Crippen molar-refractivity contribution in [3.05, 3.63) is 29.3 Å². The number of benzene rings is 1. The minimum absolute atomic E-state index is 0.106. The highest BCUT2D eigenvalue weighted by atomic mass is 19.4. The van der Waals surface area contributed by atoms with E-state index in [1.807, 2.05) is 27.7 Å². The summed E-state index contributed by atoms with van der Waals surface area (Å²) in [6, 6.07) is 4.05. The van der Waals surface area contributed by atoms with Crippen molar-refractivity contribution in [1.29, 1.82) is 0 Å². The van der Waals surface area contributed by atoms with Gasteiger partial charge in [-0.15, -0.1) is 0 Å². The maximum Gasteiger partial charge on any atom is 0.419 e. The second-order valence-electron chi connectivity index (χ2n) is 4.13. The molecule has 0 aliphatic rings. The Balaban J connectivity index is 0.00000137. The molecule has 0 heterocycles. The van der Waals surface area contributed by atoms with Crippen LogP contribution in [-0.2, 0) is 12.6 Å². The molecule has 0 fully saturated rings. The molecule has 0 N–H and O–H groups in total. The molecular weight excluding hydrogens is 241 g/mol. The summed E-state index contributed by atoms with van der Waals surface area (Å²) >= 11 is 0. The Bertz CT molecular complexity index is 357. The van der Waals surface area contributed by atoms with Gasteiger partial charge in [-0.25, -0.2) is 0 Å². The smallest absolute Gasteiger partial charge is 0.419 e. The third-order valence-corrected chi connectivity index (χ3v) is 2.22. The van der Waals surface area contributed by atoms with Crippen molar-refractivity contribution in [3.8, 4) is 5.75 Å². The van der Waals surface area contributed by atoms with E-state index in [2.05, 4.69) is 0 Å². The second-order valence-corrected chi connectivity index (χ2v) is 4.13. The van der Waals surface area contributed by atoms with Crippen molar-refractivity contribution in [1.82, 2.24) is 0 Å². The molecule has 1 rings (SSSR count). The molecule has 0 unspecified atom stereocenters. The predicted molar refractivity (Wildman–Crippen MR) is 67.9 cm³/mol. The van der Waals surface area contributed by atoms with Crippen molar-refractivity contribution in [3.63, 3.8) is 0 Å². The summed E-state index contributed by atoms with van der Waals surface area (Å²) in [5.41, 5.74) is 0.141. The zero-order chi connectivity index (χ0) is 14.3. The van der Waals surface area contributed by atoms with Gasteiger partial charge in [0, 0.05) is 0 Å². The van der Waals surface area contributed by atoms with Crippen molar-refractivity contribution in [2.45, 2.75) is 40.3 Å². The molecule has 0 aliphatic carbocycles. The summed E-state index contributed by atoms with van der Waals surface area (Å²) in [6.45, 7) is 8.04. The standard InChI is InChI=1S/C12H15F3O.C2H6/c1-8(2)6-9-4-5-10(12(13,14)15)11(7-9)16-3;1-2/h4-5,7-8H,6H2,1-3H3;1-2H3. The first-order valence-corrected chi connectivity index (χ1v) is 6.08. The van der Waals surface area contributed by atoms with Crippen LogP contribution in [0, 0.1) is 5.92 Å². The maximum atomic E-state index is 12.5. The van der Waals surface area contributed by atoms with Gasteiger partial charge in [0.2, 0.25) is 0 Å². The van der Waals surface area contributed by atoms with Crippen LogP contribution >= 0.6 is 0 Å². The minimum Gasteiger partial charge on any atom is -0.496 e. The molecule has 1 aromatic rings. The Morgan fingerprint density at radius 3 is 2.11 bits per heavy atom. The molecule has 0 spiro atoms. The number of rotatable bonds is 3. The summed E-state index contributed by atoms with van der Waals surface area (Å²) in [4.78, 5) is 0. The van der Waals surface area contributed by atoms with E-state index in [-0.39, 0.29) is 5.75 Å². The lowest BCUT2D eigenvalue weighted by Crippen LogP contribution is -2.08. The molecule has 0 amide bonds. The minimum atomic E-state index is -4.36. The number of halogens is 3. The average molecular weight is 262 g/mol.